The molecule has 15 heavy (non-hydrogen) atoms. The molecule has 0 spiro atoms. The molecule has 0 aliphatic rings. The summed E-state index contributed by atoms with van der Waals surface area (Å²) in [5, 5.41) is 1.27. The van der Waals surface area contributed by atoms with Crippen LogP contribution in [0.3, 0.4) is 0 Å². The first-order valence-electron chi connectivity index (χ1n) is 5.09. The molecule has 74 valence electrons. The van der Waals surface area contributed by atoms with E-state index in [1.165, 1.54) is 16.6 Å². The van der Waals surface area contributed by atoms with Crippen LogP contribution in [0.15, 0.2) is 54.9 Å². The molecule has 0 saturated carbocycles. The monoisotopic (exact) mass is 196 g/mol. The second-order valence-corrected chi connectivity index (χ2v) is 3.71. The van der Waals surface area contributed by atoms with Crippen LogP contribution in [0.25, 0.3) is 11.0 Å². The number of fused-ring (bicyclic) bond motifs is 1. The van der Waals surface area contributed by atoms with E-state index in [4.69, 9.17) is 0 Å². The molecule has 1 N–H and O–H groups in total. The van der Waals surface area contributed by atoms with Crippen molar-refractivity contribution in [2.75, 3.05) is 0 Å². The fourth-order valence-corrected chi connectivity index (χ4v) is 1.91. The first-order valence-corrected chi connectivity index (χ1v) is 5.09. The summed E-state index contributed by atoms with van der Waals surface area (Å²) in [6.45, 7) is 0.921. The molecule has 0 atom stereocenters. The highest BCUT2D eigenvalue weighted by Crippen LogP contribution is 2.14. The summed E-state index contributed by atoms with van der Waals surface area (Å²) in [6, 6.07) is 14.7. The van der Waals surface area contributed by atoms with Crippen molar-refractivity contribution in [1.29, 1.82) is 0 Å². The van der Waals surface area contributed by atoms with Gasteiger partial charge in [-0.05, 0) is 17.7 Å². The number of aromatic amines is 1. The summed E-state index contributed by atoms with van der Waals surface area (Å²) in [7, 11) is 0. The van der Waals surface area contributed by atoms with Crippen LogP contribution in [0.2, 0.25) is 0 Å². The van der Waals surface area contributed by atoms with E-state index in [9.17, 15) is 0 Å². The maximum Gasteiger partial charge on any atom is 0.117 e. The highest BCUT2D eigenvalue weighted by molar-refractivity contribution is 5.76. The third-order valence-corrected chi connectivity index (χ3v) is 2.67. The maximum atomic E-state index is 3.25. The Hall–Kier alpha value is -1.96. The summed E-state index contributed by atoms with van der Waals surface area (Å²) in [6.07, 6.45) is 4.10. The molecular formula is C13H12N2. The summed E-state index contributed by atoms with van der Waals surface area (Å²) in [5.41, 5.74) is 2.52. The molecule has 2 heteroatoms. The average Bonchev–Trinajstić information content (AvgIpc) is 2.85. The number of nitrogens with zero attached hydrogens (tertiary/aromatic N) is 1. The Kier molecular flexibility index (Phi) is 1.85. The van der Waals surface area contributed by atoms with E-state index in [0.29, 0.717) is 0 Å². The van der Waals surface area contributed by atoms with Gasteiger partial charge >= 0.3 is 0 Å². The molecule has 0 saturated heterocycles. The lowest BCUT2D eigenvalue weighted by Gasteiger charge is -2.03. The van der Waals surface area contributed by atoms with Gasteiger partial charge < -0.3 is 9.55 Å². The molecule has 0 bridgehead atoms. The third-order valence-electron chi connectivity index (χ3n) is 2.67. The van der Waals surface area contributed by atoms with Crippen molar-refractivity contribution in [3.8, 4) is 0 Å². The Morgan fingerprint density at radius 2 is 1.87 bits per heavy atom. The van der Waals surface area contributed by atoms with Gasteiger partial charge in [-0.25, -0.2) is 0 Å². The van der Waals surface area contributed by atoms with Crippen LogP contribution in [0.4, 0.5) is 0 Å². The number of H-pyrrole nitrogens is 1. The van der Waals surface area contributed by atoms with Gasteiger partial charge in [-0.1, -0.05) is 30.3 Å². The number of aromatic nitrogens is 2. The predicted molar refractivity (Wildman–Crippen MR) is 61.8 cm³/mol. The SMILES string of the molecule is c1ccc(Cn2ccc3cc[nH]c32)cc1. The van der Waals surface area contributed by atoms with Crippen molar-refractivity contribution in [3.63, 3.8) is 0 Å². The minimum atomic E-state index is 0.921. The highest BCUT2D eigenvalue weighted by atomic mass is 15.0. The van der Waals surface area contributed by atoms with Crippen molar-refractivity contribution < 1.29 is 0 Å². The minimum Gasteiger partial charge on any atom is -0.348 e. The summed E-state index contributed by atoms with van der Waals surface area (Å²) in [4.78, 5) is 3.25. The normalized spacial score (nSPS) is 10.9. The smallest absolute Gasteiger partial charge is 0.117 e. The Morgan fingerprint density at radius 1 is 1.00 bits per heavy atom. The summed E-state index contributed by atoms with van der Waals surface area (Å²) < 4.78 is 2.23. The van der Waals surface area contributed by atoms with E-state index >= 15 is 0 Å². The molecule has 2 heterocycles. The zero-order valence-corrected chi connectivity index (χ0v) is 8.35. The second-order valence-electron chi connectivity index (χ2n) is 3.71. The number of benzene rings is 1. The maximum absolute atomic E-state index is 3.25. The van der Waals surface area contributed by atoms with Gasteiger partial charge in [-0.2, -0.15) is 0 Å². The van der Waals surface area contributed by atoms with Crippen molar-refractivity contribution in [2.24, 2.45) is 0 Å². The fourth-order valence-electron chi connectivity index (χ4n) is 1.91. The van der Waals surface area contributed by atoms with E-state index in [1.807, 2.05) is 12.3 Å². The second kappa shape index (κ2) is 3.31. The van der Waals surface area contributed by atoms with Crippen LogP contribution in [0.1, 0.15) is 5.56 Å². The fraction of sp³-hybridized carbons (Fsp3) is 0.0769. The number of hydrogen-bond acceptors (Lipinski definition) is 0. The standard InChI is InChI=1S/C13H12N2/c1-2-4-11(5-3-1)10-15-9-7-12-6-8-14-13(12)15/h1-9,14H,10H2. The topological polar surface area (TPSA) is 20.7 Å². The van der Waals surface area contributed by atoms with Gasteiger partial charge in [0, 0.05) is 24.3 Å². The lowest BCUT2D eigenvalue weighted by molar-refractivity contribution is 0.826. The number of hydrogen-bond donors (Lipinski definition) is 1. The van der Waals surface area contributed by atoms with E-state index < -0.39 is 0 Å². The number of nitrogens with one attached hydrogen (secondary N) is 1. The van der Waals surface area contributed by atoms with Crippen LogP contribution < -0.4 is 0 Å². The molecule has 0 fully saturated rings. The quantitative estimate of drug-likeness (QED) is 0.650. The molecule has 0 amide bonds. The molecular weight excluding hydrogens is 184 g/mol. The molecule has 0 aliphatic carbocycles. The van der Waals surface area contributed by atoms with Crippen molar-refractivity contribution in [2.45, 2.75) is 6.54 Å². The van der Waals surface area contributed by atoms with Gasteiger partial charge in [0.25, 0.3) is 0 Å². The molecule has 0 radical (unpaired) electrons. The zero-order chi connectivity index (χ0) is 10.1. The van der Waals surface area contributed by atoms with Gasteiger partial charge in [0.15, 0.2) is 0 Å². The summed E-state index contributed by atoms with van der Waals surface area (Å²) in [5.74, 6) is 0. The third kappa shape index (κ3) is 1.44. The zero-order valence-electron chi connectivity index (χ0n) is 8.35. The van der Waals surface area contributed by atoms with Crippen LogP contribution in [-0.2, 0) is 6.54 Å². The molecule has 0 unspecified atom stereocenters. The van der Waals surface area contributed by atoms with Crippen molar-refractivity contribution in [3.05, 3.63) is 60.4 Å². The first kappa shape index (κ1) is 8.36. The Balaban J connectivity index is 1.99. The Labute approximate surface area is 88.2 Å². The summed E-state index contributed by atoms with van der Waals surface area (Å²) >= 11 is 0. The molecule has 2 nitrogen and oxygen atoms in total. The molecule has 3 rings (SSSR count). The van der Waals surface area contributed by atoms with Crippen LogP contribution in [-0.4, -0.2) is 9.55 Å². The lowest BCUT2D eigenvalue weighted by atomic mass is 10.2. The van der Waals surface area contributed by atoms with Crippen LogP contribution >= 0.6 is 0 Å². The van der Waals surface area contributed by atoms with Crippen LogP contribution in [0.5, 0.6) is 0 Å². The van der Waals surface area contributed by atoms with Gasteiger partial charge in [0.1, 0.15) is 5.65 Å². The Morgan fingerprint density at radius 3 is 2.73 bits per heavy atom. The van der Waals surface area contributed by atoms with Gasteiger partial charge in [0.2, 0.25) is 0 Å². The van der Waals surface area contributed by atoms with E-state index in [0.717, 1.165) is 6.54 Å². The predicted octanol–water partition coefficient (Wildman–Crippen LogP) is 3.02. The van der Waals surface area contributed by atoms with Gasteiger partial charge in [-0.15, -0.1) is 0 Å². The first-order chi connectivity index (χ1) is 7.43. The molecule has 1 aromatic carbocycles. The van der Waals surface area contributed by atoms with Crippen molar-refractivity contribution >= 4 is 11.0 Å². The molecule has 2 aromatic heterocycles. The van der Waals surface area contributed by atoms with Gasteiger partial charge in [0.05, 0.1) is 0 Å². The Bertz CT molecular complexity index is 560. The van der Waals surface area contributed by atoms with Crippen LogP contribution in [0, 0.1) is 0 Å². The van der Waals surface area contributed by atoms with E-state index in [2.05, 4.69) is 52.1 Å². The molecule has 0 aliphatic heterocycles. The van der Waals surface area contributed by atoms with E-state index in [1.54, 1.807) is 0 Å². The minimum absolute atomic E-state index is 0.921. The molecule has 3 aromatic rings. The number of rotatable bonds is 2. The van der Waals surface area contributed by atoms with E-state index in [-0.39, 0.29) is 0 Å². The average molecular weight is 196 g/mol. The lowest BCUT2D eigenvalue weighted by Crippen LogP contribution is -1.97. The van der Waals surface area contributed by atoms with Gasteiger partial charge in [-0.3, -0.25) is 0 Å². The highest BCUT2D eigenvalue weighted by Gasteiger charge is 2.01. The van der Waals surface area contributed by atoms with Crippen molar-refractivity contribution in [1.82, 2.24) is 9.55 Å². The largest absolute Gasteiger partial charge is 0.348 e.